The van der Waals surface area contributed by atoms with E-state index in [1.54, 1.807) is 0 Å². The van der Waals surface area contributed by atoms with Crippen molar-refractivity contribution in [3.05, 3.63) is 57.3 Å². The van der Waals surface area contributed by atoms with Crippen LogP contribution in [-0.4, -0.2) is 15.4 Å². The number of halogens is 3. The van der Waals surface area contributed by atoms with Crippen molar-refractivity contribution in [2.45, 2.75) is 13.3 Å². The summed E-state index contributed by atoms with van der Waals surface area (Å²) in [5, 5.41) is 0.690. The standard InChI is InChI=1S/C16H13BrCl2N2/c1-10-2-4-12(9-13(10)17)21-15-5-3-11(19)8-14(15)20-16(21)6-7-18/h2-5,8-9H,6-7H2,1H3. The molecule has 0 saturated carbocycles. The van der Waals surface area contributed by atoms with Crippen LogP contribution in [0.5, 0.6) is 0 Å². The van der Waals surface area contributed by atoms with Gasteiger partial charge >= 0.3 is 0 Å². The molecule has 0 aliphatic carbocycles. The van der Waals surface area contributed by atoms with Crippen molar-refractivity contribution in [3.8, 4) is 5.69 Å². The van der Waals surface area contributed by atoms with Gasteiger partial charge < -0.3 is 0 Å². The molecule has 0 fully saturated rings. The minimum atomic E-state index is 0.532. The number of hydrogen-bond acceptors (Lipinski definition) is 1. The largest absolute Gasteiger partial charge is 0.296 e. The first kappa shape index (κ1) is 14.9. The van der Waals surface area contributed by atoms with Crippen LogP contribution in [0.3, 0.4) is 0 Å². The second-order valence-electron chi connectivity index (χ2n) is 4.87. The number of fused-ring (bicyclic) bond motifs is 1. The minimum absolute atomic E-state index is 0.532. The first-order valence-corrected chi connectivity index (χ1v) is 8.30. The second kappa shape index (κ2) is 5.99. The Bertz CT molecular complexity index is 811. The molecule has 0 amide bonds. The zero-order valence-electron chi connectivity index (χ0n) is 11.4. The molecule has 0 unspecified atom stereocenters. The van der Waals surface area contributed by atoms with Gasteiger partial charge in [0.15, 0.2) is 0 Å². The van der Waals surface area contributed by atoms with Crippen LogP contribution < -0.4 is 0 Å². The zero-order valence-corrected chi connectivity index (χ0v) is 14.5. The fourth-order valence-corrected chi connectivity index (χ4v) is 3.07. The highest BCUT2D eigenvalue weighted by Crippen LogP contribution is 2.27. The van der Waals surface area contributed by atoms with Crippen molar-refractivity contribution in [2.75, 3.05) is 5.88 Å². The number of hydrogen-bond donors (Lipinski definition) is 0. The van der Waals surface area contributed by atoms with E-state index in [-0.39, 0.29) is 0 Å². The Kier molecular flexibility index (Phi) is 4.25. The fraction of sp³-hybridized carbons (Fsp3) is 0.188. The Hall–Kier alpha value is -1.03. The number of alkyl halides is 1. The van der Waals surface area contributed by atoms with Crippen molar-refractivity contribution >= 4 is 50.2 Å². The van der Waals surface area contributed by atoms with Crippen molar-refractivity contribution < 1.29 is 0 Å². The summed E-state index contributed by atoms with van der Waals surface area (Å²) in [6.07, 6.45) is 0.708. The summed E-state index contributed by atoms with van der Waals surface area (Å²) in [5.74, 6) is 1.47. The van der Waals surface area contributed by atoms with Gasteiger partial charge in [-0.15, -0.1) is 11.6 Å². The summed E-state index contributed by atoms with van der Waals surface area (Å²) in [4.78, 5) is 4.67. The van der Waals surface area contributed by atoms with Crippen LogP contribution in [0.4, 0.5) is 0 Å². The van der Waals surface area contributed by atoms with Gasteiger partial charge in [-0.1, -0.05) is 33.6 Å². The molecule has 1 heterocycles. The van der Waals surface area contributed by atoms with Gasteiger partial charge in [0.2, 0.25) is 0 Å². The van der Waals surface area contributed by atoms with E-state index in [9.17, 15) is 0 Å². The number of imidazole rings is 1. The molecule has 0 aliphatic rings. The molecule has 108 valence electrons. The monoisotopic (exact) mass is 382 g/mol. The molecule has 3 aromatic rings. The van der Waals surface area contributed by atoms with Crippen molar-refractivity contribution in [3.63, 3.8) is 0 Å². The van der Waals surface area contributed by atoms with Gasteiger partial charge in [-0.25, -0.2) is 4.98 Å². The van der Waals surface area contributed by atoms with Crippen LogP contribution in [0.25, 0.3) is 16.7 Å². The number of aryl methyl sites for hydroxylation is 2. The van der Waals surface area contributed by atoms with Crippen LogP contribution in [0.2, 0.25) is 5.02 Å². The van der Waals surface area contributed by atoms with Gasteiger partial charge in [0.1, 0.15) is 5.82 Å². The number of nitrogens with zero attached hydrogens (tertiary/aromatic N) is 2. The number of rotatable bonds is 3. The van der Waals surface area contributed by atoms with Gasteiger partial charge in [-0.05, 0) is 42.8 Å². The second-order valence-corrected chi connectivity index (χ2v) is 6.54. The summed E-state index contributed by atoms with van der Waals surface area (Å²) in [6, 6.07) is 12.0. The van der Waals surface area contributed by atoms with Crippen molar-refractivity contribution in [1.82, 2.24) is 9.55 Å². The maximum Gasteiger partial charge on any atom is 0.115 e. The van der Waals surface area contributed by atoms with E-state index < -0.39 is 0 Å². The Labute approximate surface area is 141 Å². The highest BCUT2D eigenvalue weighted by molar-refractivity contribution is 9.10. The summed E-state index contributed by atoms with van der Waals surface area (Å²) < 4.78 is 3.21. The molecule has 0 spiro atoms. The molecule has 2 aromatic carbocycles. The van der Waals surface area contributed by atoms with Crippen LogP contribution in [-0.2, 0) is 6.42 Å². The summed E-state index contributed by atoms with van der Waals surface area (Å²) in [5.41, 5.74) is 4.19. The Morgan fingerprint density at radius 1 is 1.19 bits per heavy atom. The van der Waals surface area contributed by atoms with Gasteiger partial charge in [-0.3, -0.25) is 4.57 Å². The van der Waals surface area contributed by atoms with Crippen LogP contribution in [0, 0.1) is 6.92 Å². The zero-order chi connectivity index (χ0) is 15.0. The van der Waals surface area contributed by atoms with Crippen LogP contribution in [0.15, 0.2) is 40.9 Å². The molecular weight excluding hydrogens is 371 g/mol. The third-order valence-electron chi connectivity index (χ3n) is 3.42. The van der Waals surface area contributed by atoms with E-state index in [0.717, 1.165) is 27.0 Å². The van der Waals surface area contributed by atoms with Crippen LogP contribution >= 0.6 is 39.1 Å². The van der Waals surface area contributed by atoms with E-state index >= 15 is 0 Å². The Balaban J connectivity index is 2.27. The van der Waals surface area contributed by atoms with Crippen molar-refractivity contribution in [1.29, 1.82) is 0 Å². The fourth-order valence-electron chi connectivity index (χ4n) is 2.36. The molecule has 3 rings (SSSR count). The molecule has 0 saturated heterocycles. The molecule has 2 nitrogen and oxygen atoms in total. The van der Waals surface area contributed by atoms with E-state index in [4.69, 9.17) is 23.2 Å². The van der Waals surface area contributed by atoms with E-state index in [1.165, 1.54) is 5.56 Å². The molecule has 21 heavy (non-hydrogen) atoms. The first-order valence-electron chi connectivity index (χ1n) is 6.59. The van der Waals surface area contributed by atoms with E-state index in [2.05, 4.69) is 50.6 Å². The molecule has 0 N–H and O–H groups in total. The average molecular weight is 384 g/mol. The molecule has 0 radical (unpaired) electrons. The summed E-state index contributed by atoms with van der Waals surface area (Å²) in [6.45, 7) is 2.07. The predicted molar refractivity (Wildman–Crippen MR) is 92.9 cm³/mol. The summed E-state index contributed by atoms with van der Waals surface area (Å²) >= 11 is 15.6. The number of benzene rings is 2. The minimum Gasteiger partial charge on any atom is -0.296 e. The van der Waals surface area contributed by atoms with Crippen molar-refractivity contribution in [2.24, 2.45) is 0 Å². The molecule has 5 heteroatoms. The maximum atomic E-state index is 6.07. The predicted octanol–water partition coefficient (Wildman–Crippen LogP) is 5.53. The molecule has 0 bridgehead atoms. The normalized spacial score (nSPS) is 11.2. The third kappa shape index (κ3) is 2.83. The van der Waals surface area contributed by atoms with Crippen LogP contribution in [0.1, 0.15) is 11.4 Å². The highest BCUT2D eigenvalue weighted by atomic mass is 79.9. The SMILES string of the molecule is Cc1ccc(-n2c(CCCl)nc3cc(Cl)ccc32)cc1Br. The third-order valence-corrected chi connectivity index (χ3v) is 4.70. The lowest BCUT2D eigenvalue weighted by molar-refractivity contribution is 0.911. The lowest BCUT2D eigenvalue weighted by atomic mass is 10.2. The van der Waals surface area contributed by atoms with Gasteiger partial charge in [0.25, 0.3) is 0 Å². The number of aromatic nitrogens is 2. The smallest absolute Gasteiger partial charge is 0.115 e. The summed E-state index contributed by atoms with van der Waals surface area (Å²) in [7, 11) is 0. The van der Waals surface area contributed by atoms with E-state index in [1.807, 2.05) is 18.2 Å². The van der Waals surface area contributed by atoms with E-state index in [0.29, 0.717) is 17.3 Å². The molecule has 0 aliphatic heterocycles. The topological polar surface area (TPSA) is 17.8 Å². The van der Waals surface area contributed by atoms with Gasteiger partial charge in [0.05, 0.1) is 11.0 Å². The molecular formula is C16H13BrCl2N2. The highest BCUT2D eigenvalue weighted by Gasteiger charge is 2.13. The Morgan fingerprint density at radius 3 is 2.71 bits per heavy atom. The van der Waals surface area contributed by atoms with Gasteiger partial charge in [-0.2, -0.15) is 0 Å². The first-order chi connectivity index (χ1) is 10.1. The molecule has 1 aromatic heterocycles. The quantitative estimate of drug-likeness (QED) is 0.543. The lowest BCUT2D eigenvalue weighted by Crippen LogP contribution is -2.02. The Morgan fingerprint density at radius 2 is 2.00 bits per heavy atom. The lowest BCUT2D eigenvalue weighted by Gasteiger charge is -2.10. The van der Waals surface area contributed by atoms with Gasteiger partial charge in [0, 0.05) is 27.5 Å². The maximum absolute atomic E-state index is 6.07. The average Bonchev–Trinajstić information content (AvgIpc) is 2.79. The molecule has 0 atom stereocenters.